The molecule has 1 heterocycles. The van der Waals surface area contributed by atoms with Crippen LogP contribution in [0.3, 0.4) is 0 Å². The molecule has 184 valence electrons. The predicted octanol–water partition coefficient (Wildman–Crippen LogP) is 2.92. The number of fused-ring (bicyclic) bond motifs is 3. The van der Waals surface area contributed by atoms with Crippen molar-refractivity contribution in [2.45, 2.75) is 44.2 Å². The third-order valence-corrected chi connectivity index (χ3v) is 6.45. The minimum absolute atomic E-state index is 0.0214. The summed E-state index contributed by atoms with van der Waals surface area (Å²) in [4.78, 5) is 50.9. The van der Waals surface area contributed by atoms with Crippen molar-refractivity contribution in [3.63, 3.8) is 0 Å². The Labute approximate surface area is 203 Å². The summed E-state index contributed by atoms with van der Waals surface area (Å²) in [5.41, 5.74) is 4.23. The van der Waals surface area contributed by atoms with E-state index in [4.69, 9.17) is 14.6 Å². The average molecular weight is 481 g/mol. The zero-order chi connectivity index (χ0) is 24.9. The molecule has 0 radical (unpaired) electrons. The summed E-state index contributed by atoms with van der Waals surface area (Å²) in [5, 5.41) is 11.5. The van der Waals surface area contributed by atoms with E-state index in [1.807, 2.05) is 48.5 Å². The van der Waals surface area contributed by atoms with Gasteiger partial charge in [-0.3, -0.25) is 14.9 Å². The Morgan fingerprint density at radius 1 is 1.03 bits per heavy atom. The summed E-state index contributed by atoms with van der Waals surface area (Å²) in [5.74, 6) is -2.82. The number of carbonyl (C=O) groups excluding carboxylic acids is 3. The van der Waals surface area contributed by atoms with E-state index in [0.29, 0.717) is 19.4 Å². The van der Waals surface area contributed by atoms with Crippen LogP contribution in [0, 0.1) is 0 Å². The maximum atomic E-state index is 13.1. The van der Waals surface area contributed by atoms with Crippen LogP contribution in [0.1, 0.15) is 43.2 Å². The van der Waals surface area contributed by atoms with Gasteiger partial charge in [0.1, 0.15) is 6.61 Å². The van der Waals surface area contributed by atoms with Gasteiger partial charge in [-0.2, -0.15) is 0 Å². The number of aliphatic carboxylic acids is 1. The third-order valence-electron chi connectivity index (χ3n) is 6.45. The fourth-order valence-electron chi connectivity index (χ4n) is 4.91. The summed E-state index contributed by atoms with van der Waals surface area (Å²) in [6, 6.07) is 13.6. The van der Waals surface area contributed by atoms with Crippen molar-refractivity contribution in [1.82, 2.24) is 10.2 Å². The summed E-state index contributed by atoms with van der Waals surface area (Å²) in [6.45, 7) is 1.94. The second kappa shape index (κ2) is 10.6. The van der Waals surface area contributed by atoms with Gasteiger partial charge in [-0.25, -0.2) is 9.59 Å². The van der Waals surface area contributed by atoms with Gasteiger partial charge in [0.25, 0.3) is 5.91 Å². The first-order chi connectivity index (χ1) is 16.9. The van der Waals surface area contributed by atoms with Crippen LogP contribution in [0.15, 0.2) is 48.5 Å². The monoisotopic (exact) mass is 480 g/mol. The quantitative estimate of drug-likeness (QED) is 0.440. The first kappa shape index (κ1) is 24.3. The number of carboxylic acid groups (broad SMARTS) is 1. The molecular formula is C26H28N2O7. The molecule has 1 aliphatic carbocycles. The lowest BCUT2D eigenvalue weighted by Crippen LogP contribution is -2.54. The van der Waals surface area contributed by atoms with Crippen LogP contribution < -0.4 is 5.32 Å². The molecule has 2 atom stereocenters. The SMILES string of the molecule is CCOC(=O)C(NC(=O)OCC1c2ccccc2-c2ccccc21)C(=O)N1CCC[C@@H]1CC(=O)O. The van der Waals surface area contributed by atoms with E-state index in [1.54, 1.807) is 6.92 Å². The molecule has 4 rings (SSSR count). The number of carboxylic acids is 1. The predicted molar refractivity (Wildman–Crippen MR) is 126 cm³/mol. The van der Waals surface area contributed by atoms with Crippen LogP contribution in [0.4, 0.5) is 4.79 Å². The van der Waals surface area contributed by atoms with Gasteiger partial charge in [0, 0.05) is 18.5 Å². The minimum atomic E-state index is -1.61. The van der Waals surface area contributed by atoms with Crippen LogP contribution >= 0.6 is 0 Å². The number of nitrogens with zero attached hydrogens (tertiary/aromatic N) is 1. The Kier molecular flexibility index (Phi) is 7.33. The highest BCUT2D eigenvalue weighted by Crippen LogP contribution is 2.44. The van der Waals surface area contributed by atoms with Gasteiger partial charge in [-0.15, -0.1) is 0 Å². The number of carbonyl (C=O) groups is 4. The molecule has 2 N–H and O–H groups in total. The molecule has 0 saturated carbocycles. The summed E-state index contributed by atoms with van der Waals surface area (Å²) < 4.78 is 10.5. The zero-order valence-electron chi connectivity index (χ0n) is 19.4. The highest BCUT2D eigenvalue weighted by atomic mass is 16.6. The molecule has 1 unspecified atom stereocenters. The van der Waals surface area contributed by atoms with Crippen molar-refractivity contribution in [3.8, 4) is 11.1 Å². The lowest BCUT2D eigenvalue weighted by molar-refractivity contribution is -0.152. The van der Waals surface area contributed by atoms with Crippen LogP contribution in [-0.2, 0) is 23.9 Å². The third kappa shape index (κ3) is 5.13. The van der Waals surface area contributed by atoms with Gasteiger partial charge < -0.3 is 19.5 Å². The van der Waals surface area contributed by atoms with Gasteiger partial charge in [0.05, 0.1) is 13.0 Å². The molecule has 1 fully saturated rings. The van der Waals surface area contributed by atoms with E-state index >= 15 is 0 Å². The number of rotatable bonds is 8. The maximum absolute atomic E-state index is 13.1. The first-order valence-corrected chi connectivity index (χ1v) is 11.7. The molecule has 0 aromatic heterocycles. The fourth-order valence-corrected chi connectivity index (χ4v) is 4.91. The van der Waals surface area contributed by atoms with Crippen LogP contribution in [-0.4, -0.2) is 65.8 Å². The molecule has 35 heavy (non-hydrogen) atoms. The number of nitrogens with one attached hydrogen (secondary N) is 1. The zero-order valence-corrected chi connectivity index (χ0v) is 19.4. The summed E-state index contributed by atoms with van der Waals surface area (Å²) in [7, 11) is 0. The lowest BCUT2D eigenvalue weighted by atomic mass is 9.98. The number of hydrogen-bond donors (Lipinski definition) is 2. The van der Waals surface area contributed by atoms with E-state index in [1.165, 1.54) is 4.90 Å². The van der Waals surface area contributed by atoms with Crippen LogP contribution in [0.2, 0.25) is 0 Å². The van der Waals surface area contributed by atoms with Crippen molar-refractivity contribution in [3.05, 3.63) is 59.7 Å². The number of benzene rings is 2. The van der Waals surface area contributed by atoms with Crippen molar-refractivity contribution in [2.75, 3.05) is 19.8 Å². The molecule has 0 bridgehead atoms. The van der Waals surface area contributed by atoms with E-state index in [-0.39, 0.29) is 25.6 Å². The van der Waals surface area contributed by atoms with Crippen molar-refractivity contribution >= 4 is 23.9 Å². The molecule has 9 heteroatoms. The number of amides is 2. The Bertz CT molecular complexity index is 1090. The smallest absolute Gasteiger partial charge is 0.408 e. The van der Waals surface area contributed by atoms with E-state index in [9.17, 15) is 19.2 Å². The molecule has 1 aliphatic heterocycles. The number of likely N-dealkylation sites (tertiary alicyclic amines) is 1. The van der Waals surface area contributed by atoms with Gasteiger partial charge >= 0.3 is 18.0 Å². The van der Waals surface area contributed by atoms with Gasteiger partial charge in [-0.1, -0.05) is 48.5 Å². The summed E-state index contributed by atoms with van der Waals surface area (Å²) >= 11 is 0. The average Bonchev–Trinajstić information content (AvgIpc) is 3.43. The standard InChI is InChI=1S/C26H28N2O7/c1-2-34-25(32)23(24(31)28-13-7-8-16(28)14-22(29)30)27-26(33)35-15-21-19-11-5-3-9-17(19)18-10-4-6-12-20(18)21/h3-6,9-12,16,21,23H,2,7-8,13-15H2,1H3,(H,27,33)(H,29,30)/t16-,23?/m1/s1. The first-order valence-electron chi connectivity index (χ1n) is 11.7. The normalized spacial score (nSPS) is 17.3. The van der Waals surface area contributed by atoms with Gasteiger partial charge in [0.2, 0.25) is 6.04 Å². The van der Waals surface area contributed by atoms with Crippen molar-refractivity contribution in [1.29, 1.82) is 0 Å². The Morgan fingerprint density at radius 2 is 1.66 bits per heavy atom. The Hall–Kier alpha value is -3.88. The number of esters is 1. The molecule has 2 amide bonds. The second-order valence-corrected chi connectivity index (χ2v) is 8.58. The van der Waals surface area contributed by atoms with E-state index in [2.05, 4.69) is 5.32 Å². The van der Waals surface area contributed by atoms with Crippen molar-refractivity contribution in [2.24, 2.45) is 0 Å². The molecule has 1 saturated heterocycles. The van der Waals surface area contributed by atoms with Crippen LogP contribution in [0.5, 0.6) is 0 Å². The second-order valence-electron chi connectivity index (χ2n) is 8.58. The van der Waals surface area contributed by atoms with E-state index in [0.717, 1.165) is 22.3 Å². The topological polar surface area (TPSA) is 122 Å². The van der Waals surface area contributed by atoms with E-state index < -0.39 is 36.0 Å². The Balaban J connectivity index is 1.46. The maximum Gasteiger partial charge on any atom is 0.408 e. The molecule has 2 aromatic carbocycles. The van der Waals surface area contributed by atoms with Crippen molar-refractivity contribution < 1.29 is 33.8 Å². The molecule has 0 spiro atoms. The number of alkyl carbamates (subject to hydrolysis) is 1. The minimum Gasteiger partial charge on any atom is -0.481 e. The Morgan fingerprint density at radius 3 is 2.26 bits per heavy atom. The molecular weight excluding hydrogens is 452 g/mol. The van der Waals surface area contributed by atoms with Gasteiger partial charge in [0.15, 0.2) is 0 Å². The highest BCUT2D eigenvalue weighted by molar-refractivity contribution is 6.04. The molecule has 2 aliphatic rings. The van der Waals surface area contributed by atoms with Crippen LogP contribution in [0.25, 0.3) is 11.1 Å². The highest BCUT2D eigenvalue weighted by Gasteiger charge is 2.39. The van der Waals surface area contributed by atoms with Gasteiger partial charge in [-0.05, 0) is 42.0 Å². The molecule has 2 aromatic rings. The fraction of sp³-hybridized carbons (Fsp3) is 0.385. The summed E-state index contributed by atoms with van der Waals surface area (Å²) in [6.07, 6.45) is -0.0261. The lowest BCUT2D eigenvalue weighted by Gasteiger charge is -2.27. The molecule has 9 nitrogen and oxygen atoms in total. The number of ether oxygens (including phenoxy) is 2. The largest absolute Gasteiger partial charge is 0.481 e. The number of hydrogen-bond acceptors (Lipinski definition) is 6.